The summed E-state index contributed by atoms with van der Waals surface area (Å²) < 4.78 is 20.3. The number of aromatic nitrogens is 3. The van der Waals surface area contributed by atoms with E-state index in [2.05, 4.69) is 15.4 Å². The summed E-state index contributed by atoms with van der Waals surface area (Å²) in [5.41, 5.74) is 1.83. The third-order valence-corrected chi connectivity index (χ3v) is 4.59. The second-order valence-electron chi connectivity index (χ2n) is 6.82. The van der Waals surface area contributed by atoms with Crippen LogP contribution in [0.2, 0.25) is 0 Å². The fraction of sp³-hybridized carbons (Fsp3) is 0.0833. The molecule has 0 radical (unpaired) electrons. The molecular formula is C24H19FN4O3. The molecule has 160 valence electrons. The first-order chi connectivity index (χ1) is 15.6. The van der Waals surface area contributed by atoms with Gasteiger partial charge in [0.15, 0.2) is 12.4 Å². The van der Waals surface area contributed by atoms with Gasteiger partial charge in [-0.05, 0) is 18.2 Å². The van der Waals surface area contributed by atoms with Gasteiger partial charge >= 0.3 is 5.97 Å². The first-order valence-corrected chi connectivity index (χ1v) is 9.87. The Balaban J connectivity index is 1.46. The van der Waals surface area contributed by atoms with Crippen molar-refractivity contribution >= 4 is 11.9 Å². The Kier molecular flexibility index (Phi) is 6.31. The Morgan fingerprint density at radius 2 is 1.56 bits per heavy atom. The summed E-state index contributed by atoms with van der Waals surface area (Å²) in [5.74, 6) is -1.53. The van der Waals surface area contributed by atoms with Gasteiger partial charge in [0.05, 0.1) is 5.69 Å². The first kappa shape index (κ1) is 20.9. The molecule has 0 aliphatic rings. The van der Waals surface area contributed by atoms with Crippen molar-refractivity contribution in [2.75, 3.05) is 6.61 Å². The summed E-state index contributed by atoms with van der Waals surface area (Å²) in [6, 6.07) is 24.7. The predicted octanol–water partition coefficient (Wildman–Crippen LogP) is 3.55. The highest BCUT2D eigenvalue weighted by molar-refractivity contribution is 5.88. The van der Waals surface area contributed by atoms with Gasteiger partial charge in [-0.2, -0.15) is 0 Å². The maximum atomic E-state index is 13.6. The Bertz CT molecular complexity index is 1170. The van der Waals surface area contributed by atoms with Crippen molar-refractivity contribution in [2.45, 2.75) is 6.54 Å². The molecule has 1 aromatic heterocycles. The monoisotopic (exact) mass is 430 g/mol. The largest absolute Gasteiger partial charge is 0.450 e. The zero-order valence-corrected chi connectivity index (χ0v) is 16.9. The molecule has 0 saturated carbocycles. The number of amides is 1. The SMILES string of the molecule is O=C(COC(=O)c1nc(-c2ccccc2)n(-c2ccccc2)n1)NCc1ccccc1F. The normalized spacial score (nSPS) is 10.5. The zero-order valence-electron chi connectivity index (χ0n) is 16.9. The lowest BCUT2D eigenvalue weighted by molar-refractivity contribution is -0.124. The van der Waals surface area contributed by atoms with Gasteiger partial charge in [-0.1, -0.05) is 66.7 Å². The van der Waals surface area contributed by atoms with Crippen LogP contribution >= 0.6 is 0 Å². The molecule has 0 aliphatic heterocycles. The molecule has 0 atom stereocenters. The number of hydrogen-bond acceptors (Lipinski definition) is 5. The smallest absolute Gasteiger partial charge is 0.378 e. The number of carbonyl (C=O) groups excluding carboxylic acids is 2. The van der Waals surface area contributed by atoms with Crippen LogP contribution in [0.5, 0.6) is 0 Å². The van der Waals surface area contributed by atoms with Crippen LogP contribution in [0.25, 0.3) is 17.1 Å². The lowest BCUT2D eigenvalue weighted by Crippen LogP contribution is -2.28. The Labute approximate surface area is 183 Å². The van der Waals surface area contributed by atoms with E-state index in [1.165, 1.54) is 6.07 Å². The van der Waals surface area contributed by atoms with Crippen molar-refractivity contribution in [2.24, 2.45) is 0 Å². The van der Waals surface area contributed by atoms with Gasteiger partial charge in [0.25, 0.3) is 11.7 Å². The number of para-hydroxylation sites is 1. The molecule has 7 nitrogen and oxygen atoms in total. The van der Waals surface area contributed by atoms with Gasteiger partial charge < -0.3 is 10.1 Å². The lowest BCUT2D eigenvalue weighted by atomic mass is 10.2. The van der Waals surface area contributed by atoms with Crippen LogP contribution in [0.1, 0.15) is 16.2 Å². The Hall–Kier alpha value is -4.33. The Morgan fingerprint density at radius 3 is 2.28 bits per heavy atom. The lowest BCUT2D eigenvalue weighted by Gasteiger charge is -2.06. The number of benzene rings is 3. The molecule has 4 aromatic rings. The van der Waals surface area contributed by atoms with E-state index >= 15 is 0 Å². The molecule has 0 unspecified atom stereocenters. The molecule has 8 heteroatoms. The predicted molar refractivity (Wildman–Crippen MR) is 115 cm³/mol. The molecule has 1 amide bonds. The van der Waals surface area contributed by atoms with Crippen LogP contribution in [0, 0.1) is 5.82 Å². The van der Waals surface area contributed by atoms with Crippen LogP contribution in [0.15, 0.2) is 84.9 Å². The fourth-order valence-electron chi connectivity index (χ4n) is 3.00. The van der Waals surface area contributed by atoms with Crippen LogP contribution in [-0.4, -0.2) is 33.2 Å². The third kappa shape index (κ3) is 4.86. The van der Waals surface area contributed by atoms with Gasteiger partial charge in [-0.3, -0.25) is 4.79 Å². The zero-order chi connectivity index (χ0) is 22.3. The van der Waals surface area contributed by atoms with Crippen LogP contribution < -0.4 is 5.32 Å². The van der Waals surface area contributed by atoms with Gasteiger partial charge in [-0.15, -0.1) is 5.10 Å². The minimum atomic E-state index is -0.835. The molecule has 4 rings (SSSR count). The number of ether oxygens (including phenoxy) is 1. The number of esters is 1. The quantitative estimate of drug-likeness (QED) is 0.453. The molecule has 0 bridgehead atoms. The van der Waals surface area contributed by atoms with Crippen LogP contribution in [0.4, 0.5) is 4.39 Å². The Morgan fingerprint density at radius 1 is 0.906 bits per heavy atom. The molecule has 1 heterocycles. The number of rotatable bonds is 7. The summed E-state index contributed by atoms with van der Waals surface area (Å²) in [6.07, 6.45) is 0. The van der Waals surface area contributed by atoms with Gasteiger partial charge in [0.2, 0.25) is 0 Å². The molecule has 0 spiro atoms. The summed E-state index contributed by atoms with van der Waals surface area (Å²) in [6.45, 7) is -0.546. The molecule has 1 N–H and O–H groups in total. The van der Waals surface area contributed by atoms with Crippen LogP contribution in [0.3, 0.4) is 0 Å². The van der Waals surface area contributed by atoms with E-state index in [-0.39, 0.29) is 12.4 Å². The second kappa shape index (κ2) is 9.65. The van der Waals surface area contributed by atoms with E-state index in [0.717, 1.165) is 11.3 Å². The van der Waals surface area contributed by atoms with Gasteiger partial charge in [0.1, 0.15) is 5.82 Å². The molecular weight excluding hydrogens is 411 g/mol. The number of nitrogens with one attached hydrogen (secondary N) is 1. The number of halogens is 1. The van der Waals surface area contributed by atoms with Crippen LogP contribution in [-0.2, 0) is 16.1 Å². The van der Waals surface area contributed by atoms with E-state index < -0.39 is 24.3 Å². The van der Waals surface area contributed by atoms with E-state index in [4.69, 9.17) is 4.74 Å². The van der Waals surface area contributed by atoms with Gasteiger partial charge in [-0.25, -0.2) is 18.9 Å². The minimum Gasteiger partial charge on any atom is -0.450 e. The number of hydrogen-bond donors (Lipinski definition) is 1. The van der Waals surface area contributed by atoms with Crippen molar-refractivity contribution < 1.29 is 18.7 Å². The van der Waals surface area contributed by atoms with Crippen molar-refractivity contribution in [1.29, 1.82) is 0 Å². The highest BCUT2D eigenvalue weighted by Crippen LogP contribution is 2.21. The van der Waals surface area contributed by atoms with Crippen molar-refractivity contribution in [3.63, 3.8) is 0 Å². The second-order valence-corrected chi connectivity index (χ2v) is 6.82. The molecule has 0 aliphatic carbocycles. The van der Waals surface area contributed by atoms with Crippen molar-refractivity contribution in [3.8, 4) is 17.1 Å². The minimum absolute atomic E-state index is 0.0118. The summed E-state index contributed by atoms with van der Waals surface area (Å²) in [7, 11) is 0. The van der Waals surface area contributed by atoms with E-state index in [9.17, 15) is 14.0 Å². The number of carbonyl (C=O) groups is 2. The average Bonchev–Trinajstić information content (AvgIpc) is 3.29. The van der Waals surface area contributed by atoms with Crippen molar-refractivity contribution in [1.82, 2.24) is 20.1 Å². The highest BCUT2D eigenvalue weighted by Gasteiger charge is 2.20. The van der Waals surface area contributed by atoms with E-state index in [1.54, 1.807) is 22.9 Å². The third-order valence-electron chi connectivity index (χ3n) is 4.59. The van der Waals surface area contributed by atoms with E-state index in [0.29, 0.717) is 11.4 Å². The highest BCUT2D eigenvalue weighted by atomic mass is 19.1. The van der Waals surface area contributed by atoms with E-state index in [1.807, 2.05) is 60.7 Å². The van der Waals surface area contributed by atoms with Gasteiger partial charge in [0, 0.05) is 17.7 Å². The molecule has 32 heavy (non-hydrogen) atoms. The van der Waals surface area contributed by atoms with Crippen molar-refractivity contribution in [3.05, 3.63) is 102 Å². The maximum Gasteiger partial charge on any atom is 0.378 e. The maximum absolute atomic E-state index is 13.6. The average molecular weight is 430 g/mol. The number of nitrogens with zero attached hydrogens (tertiary/aromatic N) is 3. The standard InChI is InChI=1S/C24H19FN4O3/c25-20-14-8-7-11-18(20)15-26-21(30)16-32-24(31)22-27-23(17-9-3-1-4-10-17)29(28-22)19-12-5-2-6-13-19/h1-14H,15-16H2,(H,26,30). The molecule has 0 saturated heterocycles. The molecule has 0 fully saturated rings. The first-order valence-electron chi connectivity index (χ1n) is 9.87. The summed E-state index contributed by atoms with van der Waals surface area (Å²) >= 11 is 0. The topological polar surface area (TPSA) is 86.1 Å². The summed E-state index contributed by atoms with van der Waals surface area (Å²) in [5, 5.41) is 6.80. The fourth-order valence-corrected chi connectivity index (χ4v) is 3.00. The summed E-state index contributed by atoms with van der Waals surface area (Å²) in [4.78, 5) is 28.9. The molecule has 3 aromatic carbocycles.